The van der Waals surface area contributed by atoms with Crippen LogP contribution in [0.15, 0.2) is 66.3 Å². The predicted octanol–water partition coefficient (Wildman–Crippen LogP) is 2.46. The zero-order chi connectivity index (χ0) is 20.9. The van der Waals surface area contributed by atoms with E-state index in [1.54, 1.807) is 24.3 Å². The van der Waals surface area contributed by atoms with E-state index < -0.39 is 5.91 Å². The van der Waals surface area contributed by atoms with Crippen LogP contribution in [0, 0.1) is 0 Å². The number of nitrogens with zero attached hydrogens (tertiary/aromatic N) is 1. The zero-order valence-corrected chi connectivity index (χ0v) is 16.4. The molecule has 152 valence electrons. The number of hydrogen-bond donors (Lipinski definition) is 2. The Labute approximate surface area is 170 Å². The normalized spacial score (nSPS) is 10.4. The molecular weight excluding hydrogens is 370 g/mol. The van der Waals surface area contributed by atoms with Gasteiger partial charge in [-0.15, -0.1) is 0 Å². The third-order valence-corrected chi connectivity index (χ3v) is 3.85. The van der Waals surface area contributed by atoms with Crippen LogP contribution in [0.5, 0.6) is 11.5 Å². The Bertz CT molecular complexity index is 850. The van der Waals surface area contributed by atoms with Crippen molar-refractivity contribution in [1.82, 2.24) is 10.7 Å². The molecule has 0 aliphatic rings. The van der Waals surface area contributed by atoms with Crippen LogP contribution in [0.2, 0.25) is 0 Å². The van der Waals surface area contributed by atoms with Gasteiger partial charge in [-0.3, -0.25) is 9.59 Å². The quantitative estimate of drug-likeness (QED) is 0.265. The fourth-order valence-corrected chi connectivity index (χ4v) is 2.45. The van der Waals surface area contributed by atoms with Crippen molar-refractivity contribution >= 4 is 18.0 Å². The zero-order valence-electron chi connectivity index (χ0n) is 16.4. The molecule has 2 rings (SSSR count). The minimum Gasteiger partial charge on any atom is -0.493 e. The molecule has 0 aliphatic carbocycles. The maximum Gasteiger partial charge on any atom is 0.249 e. The molecule has 0 bridgehead atoms. The van der Waals surface area contributed by atoms with E-state index in [4.69, 9.17) is 9.47 Å². The summed E-state index contributed by atoms with van der Waals surface area (Å²) in [7, 11) is 1.54. The number of nitrogens with one attached hydrogen (secondary N) is 2. The number of hydrazone groups is 1. The summed E-state index contributed by atoms with van der Waals surface area (Å²) < 4.78 is 10.7. The second-order valence-electron chi connectivity index (χ2n) is 6.07. The predicted molar refractivity (Wildman–Crippen MR) is 112 cm³/mol. The van der Waals surface area contributed by atoms with E-state index >= 15 is 0 Å². The highest BCUT2D eigenvalue weighted by Gasteiger charge is 2.08. The number of hydrogen-bond acceptors (Lipinski definition) is 5. The number of methoxy groups -OCH3 is 1. The molecule has 0 radical (unpaired) electrons. The smallest absolute Gasteiger partial charge is 0.249 e. The van der Waals surface area contributed by atoms with Gasteiger partial charge >= 0.3 is 0 Å². The van der Waals surface area contributed by atoms with Gasteiger partial charge in [0.2, 0.25) is 11.8 Å². The van der Waals surface area contributed by atoms with Crippen LogP contribution in [0.4, 0.5) is 0 Å². The third kappa shape index (κ3) is 7.88. The summed E-state index contributed by atoms with van der Waals surface area (Å²) in [5.41, 5.74) is 4.17. The molecule has 0 saturated carbocycles. The summed E-state index contributed by atoms with van der Waals surface area (Å²) in [6.07, 6.45) is 3.53. The molecular formula is C22H25N3O4. The first-order valence-electron chi connectivity index (χ1n) is 9.16. The van der Waals surface area contributed by atoms with Crippen molar-refractivity contribution in [2.45, 2.75) is 12.8 Å². The molecule has 2 aromatic rings. The Balaban J connectivity index is 1.75. The maximum atomic E-state index is 11.8. The van der Waals surface area contributed by atoms with Crippen molar-refractivity contribution < 1.29 is 19.1 Å². The van der Waals surface area contributed by atoms with E-state index in [2.05, 4.69) is 22.4 Å². The van der Waals surface area contributed by atoms with Crippen molar-refractivity contribution in [2.24, 2.45) is 5.10 Å². The van der Waals surface area contributed by atoms with Crippen molar-refractivity contribution in [3.05, 3.63) is 72.3 Å². The van der Waals surface area contributed by atoms with Crippen LogP contribution in [0.1, 0.15) is 17.5 Å². The van der Waals surface area contributed by atoms with Crippen LogP contribution in [0.25, 0.3) is 0 Å². The van der Waals surface area contributed by atoms with Crippen molar-refractivity contribution in [3.63, 3.8) is 0 Å². The van der Waals surface area contributed by atoms with Gasteiger partial charge < -0.3 is 14.8 Å². The van der Waals surface area contributed by atoms with Gasteiger partial charge in [-0.2, -0.15) is 5.10 Å². The average molecular weight is 395 g/mol. The minimum absolute atomic E-state index is 0.288. The largest absolute Gasteiger partial charge is 0.493 e. The van der Waals surface area contributed by atoms with Crippen LogP contribution < -0.4 is 20.2 Å². The maximum absolute atomic E-state index is 11.8. The van der Waals surface area contributed by atoms with Gasteiger partial charge in [-0.25, -0.2) is 5.43 Å². The molecule has 2 aromatic carbocycles. The molecule has 7 heteroatoms. The molecule has 0 heterocycles. The lowest BCUT2D eigenvalue weighted by molar-refractivity contribution is -0.129. The Hall–Kier alpha value is -3.61. The number of amides is 2. The fraction of sp³-hybridized carbons (Fsp3) is 0.227. The van der Waals surface area contributed by atoms with Crippen LogP contribution >= 0.6 is 0 Å². The Morgan fingerprint density at radius 3 is 2.62 bits per heavy atom. The van der Waals surface area contributed by atoms with Crippen LogP contribution in [-0.4, -0.2) is 38.3 Å². The first-order chi connectivity index (χ1) is 14.1. The molecule has 0 aliphatic heterocycles. The summed E-state index contributed by atoms with van der Waals surface area (Å²) in [5.74, 6) is 0.288. The molecule has 29 heavy (non-hydrogen) atoms. The van der Waals surface area contributed by atoms with Crippen LogP contribution in [-0.2, 0) is 16.0 Å². The number of carbonyl (C=O) groups excluding carboxylic acids is 2. The van der Waals surface area contributed by atoms with Gasteiger partial charge in [0.05, 0.1) is 13.3 Å². The molecule has 0 fully saturated rings. The number of rotatable bonds is 11. The van der Waals surface area contributed by atoms with Crippen LogP contribution in [0.3, 0.4) is 0 Å². The highest BCUT2D eigenvalue weighted by atomic mass is 16.5. The van der Waals surface area contributed by atoms with E-state index in [-0.39, 0.29) is 12.3 Å². The summed E-state index contributed by atoms with van der Waals surface area (Å²) in [5, 5.41) is 6.59. The highest BCUT2D eigenvalue weighted by molar-refractivity contribution is 5.97. The fourth-order valence-electron chi connectivity index (χ4n) is 2.45. The number of carbonyl (C=O) groups is 2. The van der Waals surface area contributed by atoms with Gasteiger partial charge in [-0.1, -0.05) is 43.0 Å². The van der Waals surface area contributed by atoms with Gasteiger partial charge in [0, 0.05) is 6.54 Å². The monoisotopic (exact) mass is 395 g/mol. The van der Waals surface area contributed by atoms with Gasteiger partial charge in [0.15, 0.2) is 11.5 Å². The number of ether oxygens (including phenoxy) is 2. The summed E-state index contributed by atoms with van der Waals surface area (Å²) in [4.78, 5) is 23.7. The van der Waals surface area contributed by atoms with Gasteiger partial charge in [0.1, 0.15) is 13.0 Å². The SMILES string of the molecule is C=CCOc1ccc(/C=N\NC(=O)CC(=O)NCCc2ccccc2)cc1OC. The highest BCUT2D eigenvalue weighted by Crippen LogP contribution is 2.27. The third-order valence-electron chi connectivity index (χ3n) is 3.85. The summed E-state index contributed by atoms with van der Waals surface area (Å²) >= 11 is 0. The molecule has 0 atom stereocenters. The van der Waals surface area contributed by atoms with Gasteiger partial charge in [0.25, 0.3) is 0 Å². The molecule has 2 N–H and O–H groups in total. The Kier molecular flexibility index (Phi) is 8.95. The van der Waals surface area contributed by atoms with Crippen molar-refractivity contribution in [1.29, 1.82) is 0 Å². The molecule has 0 unspecified atom stereocenters. The van der Waals surface area contributed by atoms with Crippen molar-refractivity contribution in [3.8, 4) is 11.5 Å². The van der Waals surface area contributed by atoms with E-state index in [1.165, 1.54) is 13.3 Å². The van der Waals surface area contributed by atoms with E-state index in [9.17, 15) is 9.59 Å². The molecule has 2 amide bonds. The lowest BCUT2D eigenvalue weighted by Crippen LogP contribution is -2.31. The lowest BCUT2D eigenvalue weighted by Gasteiger charge is -2.09. The first-order valence-corrected chi connectivity index (χ1v) is 9.16. The Morgan fingerprint density at radius 2 is 1.90 bits per heavy atom. The minimum atomic E-state index is -0.489. The molecule has 7 nitrogen and oxygen atoms in total. The summed E-state index contributed by atoms with van der Waals surface area (Å²) in [6, 6.07) is 15.0. The Morgan fingerprint density at radius 1 is 1.10 bits per heavy atom. The number of benzene rings is 2. The molecule has 0 aromatic heterocycles. The molecule has 0 spiro atoms. The van der Waals surface area contributed by atoms with Gasteiger partial charge in [-0.05, 0) is 35.7 Å². The molecule has 0 saturated heterocycles. The lowest BCUT2D eigenvalue weighted by atomic mass is 10.1. The van der Waals surface area contributed by atoms with E-state index in [1.807, 2.05) is 30.3 Å². The standard InChI is InChI=1S/C22H25N3O4/c1-3-13-29-19-10-9-18(14-20(19)28-2)16-24-25-22(27)15-21(26)23-12-11-17-7-5-4-6-8-17/h3-10,14,16H,1,11-13,15H2,2H3,(H,23,26)(H,25,27)/b24-16-. The first kappa shape index (κ1) is 21.7. The van der Waals surface area contributed by atoms with E-state index in [0.717, 1.165) is 5.56 Å². The summed E-state index contributed by atoms with van der Waals surface area (Å²) in [6.45, 7) is 4.44. The second-order valence-corrected chi connectivity index (χ2v) is 6.07. The average Bonchev–Trinajstić information content (AvgIpc) is 2.73. The second kappa shape index (κ2) is 12.0. The van der Waals surface area contributed by atoms with E-state index in [0.29, 0.717) is 36.6 Å². The topological polar surface area (TPSA) is 89.0 Å². The van der Waals surface area contributed by atoms with Crippen molar-refractivity contribution in [2.75, 3.05) is 20.3 Å².